The average molecular weight is 843 g/mol. The molecule has 0 unspecified atom stereocenters. The molecule has 0 spiro atoms. The predicted octanol–water partition coefficient (Wildman–Crippen LogP) is -7.87. The Morgan fingerprint density at radius 1 is 0.525 bits per heavy atom. The molecule has 7 atom stereocenters. The summed E-state index contributed by atoms with van der Waals surface area (Å²) in [5, 5.41) is 31.0. The minimum Gasteiger partial charge on any atom is -0.480 e. The first-order valence-electron chi connectivity index (χ1n) is 18.4. The Bertz CT molecular complexity index is 1610. The number of likely N-dealkylation sites (tertiary alicyclic amines) is 1. The number of primary amides is 5. The van der Waals surface area contributed by atoms with E-state index in [0.717, 1.165) is 4.90 Å². The molecular formula is C33H54N12O14. The summed E-state index contributed by atoms with van der Waals surface area (Å²) in [4.78, 5) is 149. The molecule has 1 aliphatic heterocycles. The van der Waals surface area contributed by atoms with E-state index in [-0.39, 0.29) is 38.6 Å². The van der Waals surface area contributed by atoms with E-state index in [9.17, 15) is 67.7 Å². The summed E-state index contributed by atoms with van der Waals surface area (Å²) >= 11 is 0. The van der Waals surface area contributed by atoms with Crippen LogP contribution < -0.4 is 61.0 Å². The zero-order valence-corrected chi connectivity index (χ0v) is 32.1. The van der Waals surface area contributed by atoms with Gasteiger partial charge >= 0.3 is 5.97 Å². The molecule has 1 heterocycles. The fraction of sp³-hybridized carbons (Fsp3) is 0.636. The van der Waals surface area contributed by atoms with Gasteiger partial charge < -0.3 is 76.1 Å². The lowest BCUT2D eigenvalue weighted by molar-refractivity contribution is -0.143. The number of hydrogen-bond donors (Lipinski definition) is 13. The number of carboxylic acid groups (broad SMARTS) is 1. The van der Waals surface area contributed by atoms with Crippen LogP contribution in [0.5, 0.6) is 0 Å². The Morgan fingerprint density at radius 2 is 0.881 bits per heavy atom. The summed E-state index contributed by atoms with van der Waals surface area (Å²) in [5.74, 6) is -11.8. The molecule has 19 N–H and O–H groups in total. The van der Waals surface area contributed by atoms with Gasteiger partial charge in [0.25, 0.3) is 0 Å². The average Bonchev–Trinajstić information content (AvgIpc) is 3.65. The van der Waals surface area contributed by atoms with Crippen molar-refractivity contribution in [3.63, 3.8) is 0 Å². The smallest absolute Gasteiger partial charge is 0.326 e. The summed E-state index contributed by atoms with van der Waals surface area (Å²) < 4.78 is 0. The van der Waals surface area contributed by atoms with E-state index in [0.29, 0.717) is 0 Å². The molecule has 26 heteroatoms. The highest BCUT2D eigenvalue weighted by Crippen LogP contribution is 2.19. The molecule has 0 aromatic heterocycles. The van der Waals surface area contributed by atoms with E-state index in [2.05, 4.69) is 26.6 Å². The van der Waals surface area contributed by atoms with E-state index in [1.807, 2.05) is 0 Å². The molecule has 0 aromatic carbocycles. The summed E-state index contributed by atoms with van der Waals surface area (Å²) in [6.45, 7) is -1.08. The maximum Gasteiger partial charge on any atom is 0.326 e. The molecule has 11 amide bonds. The number of nitrogens with two attached hydrogens (primary N) is 6. The van der Waals surface area contributed by atoms with Crippen molar-refractivity contribution in [1.82, 2.24) is 31.5 Å². The van der Waals surface area contributed by atoms with Crippen LogP contribution in [0.1, 0.15) is 77.0 Å². The number of nitrogens with zero attached hydrogens (tertiary/aromatic N) is 1. The maximum absolute atomic E-state index is 13.7. The lowest BCUT2D eigenvalue weighted by Crippen LogP contribution is -2.60. The molecule has 26 nitrogen and oxygen atoms in total. The Morgan fingerprint density at radius 3 is 1.29 bits per heavy atom. The summed E-state index contributed by atoms with van der Waals surface area (Å²) in [6.07, 6.45) is -3.60. The topological polar surface area (TPSA) is 465 Å². The first-order chi connectivity index (χ1) is 27.6. The zero-order chi connectivity index (χ0) is 45.0. The summed E-state index contributed by atoms with van der Waals surface area (Å²) in [7, 11) is 0. The van der Waals surface area contributed by atoms with Gasteiger partial charge in [-0.15, -0.1) is 0 Å². The molecule has 0 radical (unpaired) electrons. The Balaban J connectivity index is 3.24. The van der Waals surface area contributed by atoms with Gasteiger partial charge in [-0.2, -0.15) is 0 Å². The van der Waals surface area contributed by atoms with Crippen molar-refractivity contribution in [2.75, 3.05) is 13.2 Å². The molecule has 330 valence electrons. The van der Waals surface area contributed by atoms with Crippen molar-refractivity contribution in [2.24, 2.45) is 34.4 Å². The van der Waals surface area contributed by atoms with Crippen LogP contribution in [0.4, 0.5) is 0 Å². The minimum atomic E-state index is -1.71. The predicted molar refractivity (Wildman–Crippen MR) is 199 cm³/mol. The van der Waals surface area contributed by atoms with Gasteiger partial charge in [-0.3, -0.25) is 52.7 Å². The molecule has 1 fully saturated rings. The fourth-order valence-corrected chi connectivity index (χ4v) is 5.69. The van der Waals surface area contributed by atoms with E-state index in [1.165, 1.54) is 0 Å². The number of amides is 11. The highest BCUT2D eigenvalue weighted by molar-refractivity contribution is 5.98. The normalized spacial score (nSPS) is 16.4. The third-order valence-corrected chi connectivity index (χ3v) is 8.91. The van der Waals surface area contributed by atoms with E-state index in [4.69, 9.17) is 34.4 Å². The molecular weight excluding hydrogens is 788 g/mol. The van der Waals surface area contributed by atoms with Crippen molar-refractivity contribution < 1.29 is 67.7 Å². The number of aliphatic carboxylic acids is 1. The molecule has 1 aliphatic rings. The van der Waals surface area contributed by atoms with Crippen LogP contribution in [0.15, 0.2) is 0 Å². The third kappa shape index (κ3) is 18.6. The van der Waals surface area contributed by atoms with Gasteiger partial charge in [0.15, 0.2) is 0 Å². The number of aliphatic hydroxyl groups excluding tert-OH is 1. The van der Waals surface area contributed by atoms with Gasteiger partial charge in [0.05, 0.1) is 12.6 Å². The number of carboxylic acids is 1. The van der Waals surface area contributed by atoms with Gasteiger partial charge in [0, 0.05) is 38.6 Å². The van der Waals surface area contributed by atoms with E-state index < -0.39 is 165 Å². The maximum atomic E-state index is 13.7. The Kier molecular flexibility index (Phi) is 21.5. The second kappa shape index (κ2) is 25.0. The monoisotopic (exact) mass is 842 g/mol. The van der Waals surface area contributed by atoms with Gasteiger partial charge in [0.1, 0.15) is 36.3 Å². The van der Waals surface area contributed by atoms with Crippen LogP contribution in [0.25, 0.3) is 0 Å². The SMILES string of the molecule is NC(=O)CC[C@H](NC(=O)[C@H](CCC(N)=O)NC(=O)[C@H](CCC(N)=O)NC(=O)[C@@H]1CCCN1C(=O)[C@H](CO)NC(=O)[C@H](CCC(N)=O)NC(=O)[C@@H](N)CCC(N)=O)C(=O)O. The highest BCUT2D eigenvalue weighted by Gasteiger charge is 2.40. The largest absolute Gasteiger partial charge is 0.480 e. The highest BCUT2D eigenvalue weighted by atomic mass is 16.4. The number of carbonyl (C=O) groups excluding carboxylic acids is 11. The number of nitrogens with one attached hydrogen (secondary N) is 5. The summed E-state index contributed by atoms with van der Waals surface area (Å²) in [6, 6.07) is -10.7. The molecule has 0 saturated carbocycles. The number of aliphatic hydroxyl groups is 1. The summed E-state index contributed by atoms with van der Waals surface area (Å²) in [5.41, 5.74) is 31.6. The lowest BCUT2D eigenvalue weighted by atomic mass is 10.0. The number of hydrogen-bond acceptors (Lipinski definition) is 14. The quantitative estimate of drug-likeness (QED) is 0.0348. The van der Waals surface area contributed by atoms with Crippen molar-refractivity contribution in [3.05, 3.63) is 0 Å². The molecule has 1 saturated heterocycles. The van der Waals surface area contributed by atoms with Crippen molar-refractivity contribution >= 4 is 70.9 Å². The number of carbonyl (C=O) groups is 12. The third-order valence-electron chi connectivity index (χ3n) is 8.91. The van der Waals surface area contributed by atoms with Crippen molar-refractivity contribution in [3.8, 4) is 0 Å². The fourth-order valence-electron chi connectivity index (χ4n) is 5.69. The van der Waals surface area contributed by atoms with Crippen LogP contribution in [-0.2, 0) is 57.5 Å². The molecule has 59 heavy (non-hydrogen) atoms. The second-order valence-corrected chi connectivity index (χ2v) is 13.6. The second-order valence-electron chi connectivity index (χ2n) is 13.6. The Hall–Kier alpha value is -6.44. The molecule has 1 rings (SSSR count). The molecule has 0 aliphatic carbocycles. The van der Waals surface area contributed by atoms with Crippen molar-refractivity contribution in [2.45, 2.75) is 119 Å². The van der Waals surface area contributed by atoms with E-state index >= 15 is 0 Å². The van der Waals surface area contributed by atoms with Gasteiger partial charge in [-0.1, -0.05) is 0 Å². The Labute approximate surface area is 336 Å². The van der Waals surface area contributed by atoms with Crippen LogP contribution in [0.2, 0.25) is 0 Å². The number of rotatable bonds is 28. The molecule has 0 bridgehead atoms. The zero-order valence-electron chi connectivity index (χ0n) is 32.1. The van der Waals surface area contributed by atoms with E-state index in [1.54, 1.807) is 0 Å². The molecule has 0 aromatic rings. The van der Waals surface area contributed by atoms with Gasteiger partial charge in [-0.05, 0) is 44.9 Å². The van der Waals surface area contributed by atoms with Crippen LogP contribution in [0.3, 0.4) is 0 Å². The van der Waals surface area contributed by atoms with Gasteiger partial charge in [-0.25, -0.2) is 4.79 Å². The van der Waals surface area contributed by atoms with Crippen LogP contribution in [-0.4, -0.2) is 142 Å². The van der Waals surface area contributed by atoms with Crippen LogP contribution >= 0.6 is 0 Å². The van der Waals surface area contributed by atoms with Gasteiger partial charge in [0.2, 0.25) is 65.0 Å². The first-order valence-corrected chi connectivity index (χ1v) is 18.4. The minimum absolute atomic E-state index is 0.0137. The standard InChI is InChI=1S/C33H54N12O14/c34-15(3-8-22(35)47)27(52)40-16(4-9-23(36)48)30(55)44-20(14-46)32(57)45-13-1-2-21(45)31(56)42-18(6-11-25(38)50)28(53)41-17(5-10-24(37)49)29(54)43-19(33(58)59)7-12-26(39)51/h15-21,46H,1-14,34H2,(H2,35,47)(H2,36,48)(H2,37,49)(H2,38,50)(H2,39,51)(H,40,52)(H,41,53)(H,42,56)(H,43,54)(H,44,55)(H,58,59)/t15-,16-,17-,18-,19-,20-,21-/m0/s1. The van der Waals surface area contributed by atoms with Crippen molar-refractivity contribution in [1.29, 1.82) is 0 Å². The first kappa shape index (κ1) is 50.6. The lowest BCUT2D eigenvalue weighted by Gasteiger charge is -2.30. The van der Waals surface area contributed by atoms with Crippen LogP contribution in [0, 0.1) is 0 Å².